The van der Waals surface area contributed by atoms with Gasteiger partial charge >= 0.3 is 0 Å². The predicted molar refractivity (Wildman–Crippen MR) is 67.7 cm³/mol. The number of nitrogens with zero attached hydrogens (tertiary/aromatic N) is 3. The van der Waals surface area contributed by atoms with Gasteiger partial charge in [0.2, 0.25) is 12.2 Å². The molecule has 0 aromatic heterocycles. The fourth-order valence-electron chi connectivity index (χ4n) is 1.29. The molecule has 0 aliphatic heterocycles. The minimum Gasteiger partial charge on any atom is -0.369 e. The molecule has 0 aliphatic carbocycles. The average molecular weight is 224 g/mol. The normalized spacial score (nSPS) is 11.9. The average Bonchev–Trinajstić information content (AvgIpc) is 2.17. The lowest BCUT2D eigenvalue weighted by Crippen LogP contribution is -2.39. The van der Waals surface area contributed by atoms with Crippen LogP contribution in [0, 0.1) is 23.3 Å². The van der Waals surface area contributed by atoms with Crippen molar-refractivity contribution in [1.29, 1.82) is 5.26 Å². The molecule has 92 valence electrons. The maximum atomic E-state index is 8.50. The van der Waals surface area contributed by atoms with Crippen LogP contribution >= 0.6 is 0 Å². The minimum absolute atomic E-state index is 0.351. The molecule has 0 rings (SSSR count). The first-order chi connectivity index (χ1) is 7.47. The van der Waals surface area contributed by atoms with Gasteiger partial charge in [0.1, 0.15) is 0 Å². The maximum absolute atomic E-state index is 8.50. The number of nitrogens with two attached hydrogens (primary N) is 1. The summed E-state index contributed by atoms with van der Waals surface area (Å²) in [4.78, 5) is 5.61. The number of aliphatic imine (C=N–C) groups is 1. The van der Waals surface area contributed by atoms with Crippen molar-refractivity contribution in [3.05, 3.63) is 0 Å². The summed E-state index contributed by atoms with van der Waals surface area (Å²) in [7, 11) is 0. The first-order valence-electron chi connectivity index (χ1n) is 5.94. The molecule has 2 N–H and O–H groups in total. The van der Waals surface area contributed by atoms with Crippen molar-refractivity contribution in [2.75, 3.05) is 13.1 Å². The largest absolute Gasteiger partial charge is 0.369 e. The van der Waals surface area contributed by atoms with Gasteiger partial charge in [-0.25, -0.2) is 0 Å². The highest BCUT2D eigenvalue weighted by atomic mass is 15.2. The molecule has 0 fully saturated rings. The highest BCUT2D eigenvalue weighted by molar-refractivity contribution is 5.78. The van der Waals surface area contributed by atoms with E-state index in [0.29, 0.717) is 17.8 Å². The standard InChI is InChI=1S/C12H24N4/c1-10(2)5-7-16(8-6-11(3)4)12(14)15-9-13/h10-11H,5-8H2,1-4H3,(H2,14,15). The van der Waals surface area contributed by atoms with Crippen molar-refractivity contribution in [2.24, 2.45) is 22.6 Å². The molecule has 0 radical (unpaired) electrons. The first-order valence-corrected chi connectivity index (χ1v) is 5.94. The van der Waals surface area contributed by atoms with E-state index in [-0.39, 0.29) is 0 Å². The van der Waals surface area contributed by atoms with Crippen molar-refractivity contribution in [1.82, 2.24) is 4.90 Å². The highest BCUT2D eigenvalue weighted by Gasteiger charge is 2.09. The van der Waals surface area contributed by atoms with E-state index >= 15 is 0 Å². The van der Waals surface area contributed by atoms with E-state index < -0.39 is 0 Å². The molecule has 16 heavy (non-hydrogen) atoms. The highest BCUT2D eigenvalue weighted by Crippen LogP contribution is 2.06. The SMILES string of the molecule is CC(C)CCN(CCC(C)C)C(N)=NC#N. The number of nitriles is 1. The Hall–Kier alpha value is -1.24. The van der Waals surface area contributed by atoms with Crippen LogP contribution in [0.25, 0.3) is 0 Å². The summed E-state index contributed by atoms with van der Waals surface area (Å²) in [5, 5.41) is 8.50. The van der Waals surface area contributed by atoms with Gasteiger partial charge < -0.3 is 10.6 Å². The lowest BCUT2D eigenvalue weighted by molar-refractivity contribution is 0.351. The lowest BCUT2D eigenvalue weighted by Gasteiger charge is -2.24. The van der Waals surface area contributed by atoms with E-state index in [1.807, 2.05) is 4.90 Å². The van der Waals surface area contributed by atoms with Crippen LogP contribution in [0.4, 0.5) is 0 Å². The second-order valence-corrected chi connectivity index (χ2v) is 4.92. The molecule has 0 bridgehead atoms. The van der Waals surface area contributed by atoms with E-state index in [4.69, 9.17) is 11.0 Å². The Morgan fingerprint density at radius 1 is 1.19 bits per heavy atom. The van der Waals surface area contributed by atoms with Gasteiger partial charge in [-0.1, -0.05) is 27.7 Å². The molecular formula is C12H24N4. The van der Waals surface area contributed by atoms with Crippen molar-refractivity contribution in [3.8, 4) is 6.19 Å². The third kappa shape index (κ3) is 7.10. The van der Waals surface area contributed by atoms with Crippen molar-refractivity contribution < 1.29 is 0 Å². The Morgan fingerprint density at radius 2 is 1.62 bits per heavy atom. The maximum Gasteiger partial charge on any atom is 0.209 e. The fourth-order valence-corrected chi connectivity index (χ4v) is 1.29. The van der Waals surface area contributed by atoms with Crippen LogP contribution in [0.3, 0.4) is 0 Å². The predicted octanol–water partition coefficient (Wildman–Crippen LogP) is 2.18. The molecule has 0 saturated carbocycles. The summed E-state index contributed by atoms with van der Waals surface area (Å²) >= 11 is 0. The topological polar surface area (TPSA) is 65.4 Å². The molecule has 0 saturated heterocycles. The molecule has 0 aromatic carbocycles. The second kappa shape index (κ2) is 7.98. The number of hydrogen-bond donors (Lipinski definition) is 1. The van der Waals surface area contributed by atoms with Gasteiger partial charge in [-0.2, -0.15) is 5.26 Å². The Labute approximate surface area is 99.1 Å². The minimum atomic E-state index is 0.351. The Morgan fingerprint density at radius 3 is 1.94 bits per heavy atom. The summed E-state index contributed by atoms with van der Waals surface area (Å²) in [6.45, 7) is 10.5. The number of hydrogen-bond acceptors (Lipinski definition) is 2. The Kier molecular flexibility index (Phi) is 7.36. The van der Waals surface area contributed by atoms with Gasteiger partial charge in [-0.15, -0.1) is 4.99 Å². The molecule has 0 aliphatic rings. The van der Waals surface area contributed by atoms with Gasteiger partial charge in [0, 0.05) is 13.1 Å². The summed E-state index contributed by atoms with van der Waals surface area (Å²) in [5.74, 6) is 1.62. The summed E-state index contributed by atoms with van der Waals surface area (Å²) in [6.07, 6.45) is 3.88. The van der Waals surface area contributed by atoms with Gasteiger partial charge in [-0.3, -0.25) is 0 Å². The van der Waals surface area contributed by atoms with Crippen LogP contribution in [-0.4, -0.2) is 23.9 Å². The third-order valence-electron chi connectivity index (χ3n) is 2.44. The van der Waals surface area contributed by atoms with Crippen molar-refractivity contribution >= 4 is 5.96 Å². The van der Waals surface area contributed by atoms with Crippen LogP contribution in [-0.2, 0) is 0 Å². The smallest absolute Gasteiger partial charge is 0.209 e. The molecule has 4 nitrogen and oxygen atoms in total. The van der Waals surface area contributed by atoms with E-state index in [1.165, 1.54) is 0 Å². The molecule has 0 amide bonds. The zero-order valence-corrected chi connectivity index (χ0v) is 10.9. The summed E-state index contributed by atoms with van der Waals surface area (Å²) in [5.41, 5.74) is 5.75. The third-order valence-corrected chi connectivity index (χ3v) is 2.44. The van der Waals surface area contributed by atoms with Crippen LogP contribution in [0.15, 0.2) is 4.99 Å². The quantitative estimate of drug-likeness (QED) is 0.427. The van der Waals surface area contributed by atoms with Crippen LogP contribution in [0.1, 0.15) is 40.5 Å². The molecular weight excluding hydrogens is 200 g/mol. The molecule has 0 heterocycles. The molecule has 0 atom stereocenters. The number of rotatable bonds is 6. The van der Waals surface area contributed by atoms with Crippen LogP contribution in [0.5, 0.6) is 0 Å². The van der Waals surface area contributed by atoms with E-state index in [0.717, 1.165) is 25.9 Å². The first kappa shape index (κ1) is 14.8. The molecule has 0 aromatic rings. The van der Waals surface area contributed by atoms with E-state index in [1.54, 1.807) is 6.19 Å². The second-order valence-electron chi connectivity index (χ2n) is 4.92. The van der Waals surface area contributed by atoms with Gasteiger partial charge in [0.25, 0.3) is 0 Å². The molecule has 4 heteroatoms. The zero-order chi connectivity index (χ0) is 12.6. The Balaban J connectivity index is 4.28. The lowest BCUT2D eigenvalue weighted by atomic mass is 10.1. The van der Waals surface area contributed by atoms with Crippen LogP contribution in [0.2, 0.25) is 0 Å². The van der Waals surface area contributed by atoms with E-state index in [2.05, 4.69) is 32.7 Å². The molecule has 0 unspecified atom stereocenters. The molecule has 0 spiro atoms. The van der Waals surface area contributed by atoms with Gasteiger partial charge in [0.05, 0.1) is 0 Å². The summed E-state index contributed by atoms with van der Waals surface area (Å²) in [6, 6.07) is 0. The fraction of sp³-hybridized carbons (Fsp3) is 0.833. The van der Waals surface area contributed by atoms with Gasteiger partial charge in [-0.05, 0) is 24.7 Å². The van der Waals surface area contributed by atoms with Crippen molar-refractivity contribution in [3.63, 3.8) is 0 Å². The van der Waals surface area contributed by atoms with Crippen molar-refractivity contribution in [2.45, 2.75) is 40.5 Å². The Bertz CT molecular complexity index is 238. The number of guanidine groups is 1. The van der Waals surface area contributed by atoms with Crippen LogP contribution < -0.4 is 5.73 Å². The monoisotopic (exact) mass is 224 g/mol. The van der Waals surface area contributed by atoms with Gasteiger partial charge in [0.15, 0.2) is 0 Å². The summed E-state index contributed by atoms with van der Waals surface area (Å²) < 4.78 is 0. The van der Waals surface area contributed by atoms with E-state index in [9.17, 15) is 0 Å². The zero-order valence-electron chi connectivity index (χ0n) is 10.9.